The molecule has 0 heterocycles. The van der Waals surface area contributed by atoms with Crippen LogP contribution in [0, 0.1) is 5.41 Å². The van der Waals surface area contributed by atoms with Crippen LogP contribution in [-0.4, -0.2) is 30.8 Å². The average molecular weight is 241 g/mol. The number of carbonyl (C=O) groups is 1. The zero-order chi connectivity index (χ0) is 13.1. The highest BCUT2D eigenvalue weighted by Gasteiger charge is 2.25. The Balaban J connectivity index is 4.30. The van der Waals surface area contributed by atoms with Gasteiger partial charge in [-0.15, -0.1) is 0 Å². The molecule has 0 bridgehead atoms. The van der Waals surface area contributed by atoms with Crippen molar-refractivity contribution in [1.82, 2.24) is 4.90 Å². The van der Waals surface area contributed by atoms with Crippen LogP contribution in [0.4, 0.5) is 0 Å². The van der Waals surface area contributed by atoms with E-state index in [-0.39, 0.29) is 5.41 Å². The van der Waals surface area contributed by atoms with E-state index < -0.39 is 0 Å². The minimum atomic E-state index is -0.143. The highest BCUT2D eigenvalue weighted by molar-refractivity contribution is 5.58. The Bertz CT molecular complexity index is 185. The second-order valence-corrected chi connectivity index (χ2v) is 5.51. The lowest BCUT2D eigenvalue weighted by Crippen LogP contribution is -2.38. The van der Waals surface area contributed by atoms with Crippen molar-refractivity contribution in [2.45, 2.75) is 66.2 Å². The predicted octanol–water partition coefficient (Wildman–Crippen LogP) is 3.89. The molecule has 2 nitrogen and oxygen atoms in total. The van der Waals surface area contributed by atoms with Gasteiger partial charge >= 0.3 is 0 Å². The largest absolute Gasteiger partial charge is 0.303 e. The van der Waals surface area contributed by atoms with E-state index in [1.165, 1.54) is 32.0 Å². The van der Waals surface area contributed by atoms with E-state index in [1.807, 2.05) is 0 Å². The lowest BCUT2D eigenvalue weighted by molar-refractivity contribution is -0.116. The average Bonchev–Trinajstić information content (AvgIpc) is 2.33. The van der Waals surface area contributed by atoms with Crippen LogP contribution in [0.3, 0.4) is 0 Å². The standard InChI is InChI=1S/C15H31NO/c1-5-8-11-16(12-9-6-2)13-15(4,14-17)10-7-3/h14H,5-13H2,1-4H3. The molecule has 0 amide bonds. The maximum Gasteiger partial charge on any atom is 0.127 e. The summed E-state index contributed by atoms with van der Waals surface area (Å²) in [6, 6.07) is 0. The molecular weight excluding hydrogens is 210 g/mol. The van der Waals surface area contributed by atoms with Gasteiger partial charge in [-0.05, 0) is 32.4 Å². The third-order valence-corrected chi connectivity index (χ3v) is 3.35. The van der Waals surface area contributed by atoms with Crippen molar-refractivity contribution >= 4 is 6.29 Å². The minimum absolute atomic E-state index is 0.143. The lowest BCUT2D eigenvalue weighted by Gasteiger charge is -2.31. The van der Waals surface area contributed by atoms with E-state index in [0.29, 0.717) is 0 Å². The SMILES string of the molecule is CCCCN(CCCC)CC(C)(C=O)CCC. The Morgan fingerprint density at radius 3 is 1.88 bits per heavy atom. The lowest BCUT2D eigenvalue weighted by atomic mass is 9.86. The molecule has 0 saturated carbocycles. The topological polar surface area (TPSA) is 20.3 Å². The summed E-state index contributed by atoms with van der Waals surface area (Å²) in [6.45, 7) is 11.9. The first-order valence-corrected chi connectivity index (χ1v) is 7.30. The van der Waals surface area contributed by atoms with Gasteiger partial charge in [0.1, 0.15) is 6.29 Å². The Morgan fingerprint density at radius 2 is 1.53 bits per heavy atom. The zero-order valence-corrected chi connectivity index (χ0v) is 12.3. The molecular formula is C15H31NO. The molecule has 0 saturated heterocycles. The molecule has 2 heteroatoms. The third-order valence-electron chi connectivity index (χ3n) is 3.35. The molecule has 0 aliphatic rings. The molecule has 0 aromatic rings. The Hall–Kier alpha value is -0.370. The fourth-order valence-electron chi connectivity index (χ4n) is 2.29. The van der Waals surface area contributed by atoms with Gasteiger partial charge in [-0.2, -0.15) is 0 Å². The van der Waals surface area contributed by atoms with E-state index in [0.717, 1.165) is 32.5 Å². The molecule has 0 radical (unpaired) electrons. The van der Waals surface area contributed by atoms with Crippen molar-refractivity contribution in [3.8, 4) is 0 Å². The first-order chi connectivity index (χ1) is 8.11. The summed E-state index contributed by atoms with van der Waals surface area (Å²) in [6.07, 6.45) is 8.20. The van der Waals surface area contributed by atoms with Gasteiger partial charge in [0.2, 0.25) is 0 Å². The summed E-state index contributed by atoms with van der Waals surface area (Å²) in [5.41, 5.74) is -0.143. The summed E-state index contributed by atoms with van der Waals surface area (Å²) < 4.78 is 0. The van der Waals surface area contributed by atoms with E-state index in [9.17, 15) is 4.79 Å². The summed E-state index contributed by atoms with van der Waals surface area (Å²) in [4.78, 5) is 13.8. The van der Waals surface area contributed by atoms with E-state index in [4.69, 9.17) is 0 Å². The number of aldehydes is 1. The molecule has 0 N–H and O–H groups in total. The summed E-state index contributed by atoms with van der Waals surface area (Å²) in [5, 5.41) is 0. The summed E-state index contributed by atoms with van der Waals surface area (Å²) >= 11 is 0. The summed E-state index contributed by atoms with van der Waals surface area (Å²) in [7, 11) is 0. The van der Waals surface area contributed by atoms with Gasteiger partial charge in [-0.3, -0.25) is 0 Å². The molecule has 0 aliphatic heterocycles. The molecule has 0 spiro atoms. The van der Waals surface area contributed by atoms with Crippen LogP contribution in [-0.2, 0) is 4.79 Å². The number of carbonyl (C=O) groups excluding carboxylic acids is 1. The molecule has 17 heavy (non-hydrogen) atoms. The van der Waals surface area contributed by atoms with Crippen LogP contribution in [0.1, 0.15) is 66.2 Å². The molecule has 1 atom stereocenters. The second-order valence-electron chi connectivity index (χ2n) is 5.51. The van der Waals surface area contributed by atoms with Gasteiger partial charge in [0.25, 0.3) is 0 Å². The molecule has 102 valence electrons. The molecule has 0 aliphatic carbocycles. The number of rotatable bonds is 11. The van der Waals surface area contributed by atoms with Crippen molar-refractivity contribution in [3.63, 3.8) is 0 Å². The number of unbranched alkanes of at least 4 members (excludes halogenated alkanes) is 2. The molecule has 0 aromatic heterocycles. The molecule has 0 fully saturated rings. The van der Waals surface area contributed by atoms with Gasteiger partial charge in [0, 0.05) is 12.0 Å². The van der Waals surface area contributed by atoms with Gasteiger partial charge in [0.15, 0.2) is 0 Å². The minimum Gasteiger partial charge on any atom is -0.303 e. The maximum absolute atomic E-state index is 11.3. The quantitative estimate of drug-likeness (QED) is 0.511. The van der Waals surface area contributed by atoms with Crippen molar-refractivity contribution in [2.75, 3.05) is 19.6 Å². The van der Waals surface area contributed by atoms with Crippen LogP contribution in [0.2, 0.25) is 0 Å². The van der Waals surface area contributed by atoms with Crippen LogP contribution in [0.5, 0.6) is 0 Å². The highest BCUT2D eigenvalue weighted by atomic mass is 16.1. The van der Waals surface area contributed by atoms with Gasteiger partial charge in [-0.25, -0.2) is 0 Å². The Kier molecular flexibility index (Phi) is 9.43. The fraction of sp³-hybridized carbons (Fsp3) is 0.933. The van der Waals surface area contributed by atoms with Gasteiger partial charge < -0.3 is 9.69 Å². The monoisotopic (exact) mass is 241 g/mol. The fourth-order valence-corrected chi connectivity index (χ4v) is 2.29. The van der Waals surface area contributed by atoms with Crippen molar-refractivity contribution < 1.29 is 4.79 Å². The second kappa shape index (κ2) is 9.64. The maximum atomic E-state index is 11.3. The zero-order valence-electron chi connectivity index (χ0n) is 12.3. The van der Waals surface area contributed by atoms with Crippen LogP contribution >= 0.6 is 0 Å². The van der Waals surface area contributed by atoms with Crippen molar-refractivity contribution in [3.05, 3.63) is 0 Å². The van der Waals surface area contributed by atoms with E-state index in [2.05, 4.69) is 32.6 Å². The predicted molar refractivity (Wildman–Crippen MR) is 75.3 cm³/mol. The molecule has 0 rings (SSSR count). The van der Waals surface area contributed by atoms with Gasteiger partial charge in [-0.1, -0.05) is 47.0 Å². The van der Waals surface area contributed by atoms with Crippen LogP contribution < -0.4 is 0 Å². The molecule has 0 aromatic carbocycles. The van der Waals surface area contributed by atoms with E-state index >= 15 is 0 Å². The van der Waals surface area contributed by atoms with Crippen LogP contribution in [0.15, 0.2) is 0 Å². The number of hydrogen-bond acceptors (Lipinski definition) is 2. The first-order valence-electron chi connectivity index (χ1n) is 7.30. The first kappa shape index (κ1) is 16.6. The Morgan fingerprint density at radius 1 is 1.00 bits per heavy atom. The van der Waals surface area contributed by atoms with Crippen LogP contribution in [0.25, 0.3) is 0 Å². The van der Waals surface area contributed by atoms with Gasteiger partial charge in [0.05, 0.1) is 0 Å². The van der Waals surface area contributed by atoms with Crippen molar-refractivity contribution in [1.29, 1.82) is 0 Å². The Labute approximate surface area is 108 Å². The highest BCUT2D eigenvalue weighted by Crippen LogP contribution is 2.22. The molecule has 1 unspecified atom stereocenters. The number of hydrogen-bond donors (Lipinski definition) is 0. The third kappa shape index (κ3) is 7.54. The number of nitrogens with zero attached hydrogens (tertiary/aromatic N) is 1. The summed E-state index contributed by atoms with van der Waals surface area (Å²) in [5.74, 6) is 0. The van der Waals surface area contributed by atoms with E-state index in [1.54, 1.807) is 0 Å². The van der Waals surface area contributed by atoms with Crippen molar-refractivity contribution in [2.24, 2.45) is 5.41 Å². The smallest absolute Gasteiger partial charge is 0.127 e. The normalized spacial score (nSPS) is 14.9.